The molecule has 8 unspecified atom stereocenters. The zero-order chi connectivity index (χ0) is 35.9. The summed E-state index contributed by atoms with van der Waals surface area (Å²) in [6.07, 6.45) is 38.5. The molecule has 7 heteroatoms. The predicted molar refractivity (Wildman–Crippen MR) is 205 cm³/mol. The molecule has 4 rings (SSSR count). The number of unbranched alkanes of at least 4 members (excludes halogenated alkanes) is 20. The number of epoxide rings is 3. The Labute approximate surface area is 312 Å². The minimum absolute atomic E-state index is 0.108. The fourth-order valence-electron chi connectivity index (χ4n) is 8.44. The van der Waals surface area contributed by atoms with Crippen LogP contribution in [0, 0.1) is 11.8 Å². The van der Waals surface area contributed by atoms with Gasteiger partial charge >= 0.3 is 11.9 Å². The topological polar surface area (TPSA) is 90.2 Å². The van der Waals surface area contributed by atoms with Gasteiger partial charge in [-0.3, -0.25) is 9.59 Å². The molecule has 7 nitrogen and oxygen atoms in total. The lowest BCUT2D eigenvalue weighted by molar-refractivity contribution is -0.162. The molecule has 3 saturated heterocycles. The van der Waals surface area contributed by atoms with E-state index >= 15 is 0 Å². The maximum Gasteiger partial charge on any atom is 0.309 e. The van der Waals surface area contributed by atoms with Crippen LogP contribution in [-0.2, 0) is 33.3 Å². The average molecular weight is 719 g/mol. The summed E-state index contributed by atoms with van der Waals surface area (Å²) in [5.74, 6) is -1.35. The summed E-state index contributed by atoms with van der Waals surface area (Å²) in [7, 11) is 0. The van der Waals surface area contributed by atoms with Gasteiger partial charge < -0.3 is 23.7 Å². The van der Waals surface area contributed by atoms with Gasteiger partial charge in [0.1, 0.15) is 0 Å². The van der Waals surface area contributed by atoms with Crippen molar-refractivity contribution in [2.45, 2.75) is 243 Å². The Morgan fingerprint density at radius 2 is 0.706 bits per heavy atom. The monoisotopic (exact) mass is 719 g/mol. The van der Waals surface area contributed by atoms with Crippen LogP contribution < -0.4 is 0 Å². The summed E-state index contributed by atoms with van der Waals surface area (Å²) in [6, 6.07) is 0. The SMILES string of the molecule is CCCCCCCCC1OC1CCCCCCCCOC(=O)C1CC2OC2CC1C(=O)OCCCCCCCCC1OC1CCCCCCCC. The first-order chi connectivity index (χ1) is 25.1. The molecule has 8 atom stereocenters. The Kier molecular flexibility index (Phi) is 21.5. The number of fused-ring (bicyclic) bond motifs is 1. The molecule has 51 heavy (non-hydrogen) atoms. The van der Waals surface area contributed by atoms with Gasteiger partial charge in [0.2, 0.25) is 0 Å². The molecule has 3 heterocycles. The first-order valence-electron chi connectivity index (χ1n) is 22.4. The van der Waals surface area contributed by atoms with Gasteiger partial charge in [-0.2, -0.15) is 0 Å². The quantitative estimate of drug-likeness (QED) is 0.0371. The standard InChI is InChI=1S/C44H78O7/c1-3-5-7-9-15-21-27-37-39(49-37)29-23-17-11-13-19-25-31-47-43(45)35-33-41-42(51-41)34-36(35)44(46)48-32-26-20-14-12-18-24-30-40-38(50-40)28-22-16-10-8-6-4-2/h35-42H,3-34H2,1-2H3. The van der Waals surface area contributed by atoms with Crippen molar-refractivity contribution in [2.24, 2.45) is 11.8 Å². The van der Waals surface area contributed by atoms with E-state index in [1.54, 1.807) is 0 Å². The lowest BCUT2D eigenvalue weighted by atomic mass is 9.79. The molecule has 296 valence electrons. The molecular formula is C44H78O7. The fourth-order valence-corrected chi connectivity index (χ4v) is 8.44. The van der Waals surface area contributed by atoms with Crippen molar-refractivity contribution in [1.29, 1.82) is 0 Å². The number of carbonyl (C=O) groups is 2. The van der Waals surface area contributed by atoms with Crippen LogP contribution in [0.15, 0.2) is 0 Å². The second-order valence-electron chi connectivity index (χ2n) is 16.6. The largest absolute Gasteiger partial charge is 0.465 e. The second kappa shape index (κ2) is 25.8. The zero-order valence-corrected chi connectivity index (χ0v) is 33.1. The molecule has 0 N–H and O–H groups in total. The molecular weight excluding hydrogens is 640 g/mol. The molecule has 0 spiro atoms. The van der Waals surface area contributed by atoms with Crippen molar-refractivity contribution in [1.82, 2.24) is 0 Å². The highest BCUT2D eigenvalue weighted by molar-refractivity contribution is 5.82. The van der Waals surface area contributed by atoms with E-state index in [4.69, 9.17) is 23.7 Å². The third kappa shape index (κ3) is 18.1. The Morgan fingerprint density at radius 1 is 0.412 bits per heavy atom. The van der Waals surface area contributed by atoms with Gasteiger partial charge in [-0.1, -0.05) is 155 Å². The number of esters is 2. The van der Waals surface area contributed by atoms with Crippen LogP contribution in [0.2, 0.25) is 0 Å². The fraction of sp³-hybridized carbons (Fsp3) is 0.955. The lowest BCUT2D eigenvalue weighted by Gasteiger charge is -2.26. The minimum atomic E-state index is -0.434. The van der Waals surface area contributed by atoms with Crippen molar-refractivity contribution >= 4 is 11.9 Å². The van der Waals surface area contributed by atoms with Gasteiger partial charge in [0, 0.05) is 0 Å². The minimum Gasteiger partial charge on any atom is -0.465 e. The van der Waals surface area contributed by atoms with Crippen LogP contribution in [0.3, 0.4) is 0 Å². The van der Waals surface area contributed by atoms with E-state index in [2.05, 4.69) is 13.8 Å². The van der Waals surface area contributed by atoms with E-state index in [1.165, 1.54) is 154 Å². The summed E-state index contributed by atoms with van der Waals surface area (Å²) in [5.41, 5.74) is 0. The number of carbonyl (C=O) groups excluding carboxylic acids is 2. The molecule has 3 aliphatic heterocycles. The molecule has 0 aromatic carbocycles. The summed E-state index contributed by atoms with van der Waals surface area (Å²) < 4.78 is 28.9. The van der Waals surface area contributed by atoms with Crippen LogP contribution in [0.4, 0.5) is 0 Å². The van der Waals surface area contributed by atoms with Gasteiger partial charge in [0.25, 0.3) is 0 Å². The van der Waals surface area contributed by atoms with Crippen molar-refractivity contribution in [2.75, 3.05) is 13.2 Å². The molecule has 1 saturated carbocycles. The normalized spacial score (nSPS) is 27.6. The van der Waals surface area contributed by atoms with Gasteiger partial charge in [-0.25, -0.2) is 0 Å². The molecule has 0 aromatic heterocycles. The van der Waals surface area contributed by atoms with Crippen molar-refractivity contribution in [3.05, 3.63) is 0 Å². The summed E-state index contributed by atoms with van der Waals surface area (Å²) >= 11 is 0. The van der Waals surface area contributed by atoms with Crippen LogP contribution >= 0.6 is 0 Å². The smallest absolute Gasteiger partial charge is 0.309 e. The van der Waals surface area contributed by atoms with Crippen LogP contribution in [0.5, 0.6) is 0 Å². The average Bonchev–Trinajstić information content (AvgIpc) is 4.05. The number of hydrogen-bond donors (Lipinski definition) is 0. The molecule has 0 bridgehead atoms. The van der Waals surface area contributed by atoms with Crippen molar-refractivity contribution in [3.63, 3.8) is 0 Å². The highest BCUT2D eigenvalue weighted by Gasteiger charge is 2.53. The molecule has 0 amide bonds. The van der Waals surface area contributed by atoms with E-state index in [1.807, 2.05) is 0 Å². The summed E-state index contributed by atoms with van der Waals surface area (Å²) in [4.78, 5) is 26.0. The molecule has 0 radical (unpaired) electrons. The van der Waals surface area contributed by atoms with Gasteiger partial charge in [-0.15, -0.1) is 0 Å². The van der Waals surface area contributed by atoms with Crippen LogP contribution in [0.25, 0.3) is 0 Å². The first-order valence-corrected chi connectivity index (χ1v) is 22.4. The van der Waals surface area contributed by atoms with E-state index in [0.29, 0.717) is 50.5 Å². The third-order valence-corrected chi connectivity index (χ3v) is 12.1. The Bertz CT molecular complexity index is 853. The Hall–Kier alpha value is -1.18. The Morgan fingerprint density at radius 3 is 1.04 bits per heavy atom. The number of rotatable bonds is 34. The summed E-state index contributed by atoms with van der Waals surface area (Å²) in [6.45, 7) is 5.42. The molecule has 0 aromatic rings. The third-order valence-electron chi connectivity index (χ3n) is 12.1. The van der Waals surface area contributed by atoms with Crippen LogP contribution in [0.1, 0.15) is 206 Å². The Balaban J connectivity index is 0.921. The molecule has 4 aliphatic rings. The summed E-state index contributed by atoms with van der Waals surface area (Å²) in [5, 5.41) is 0. The van der Waals surface area contributed by atoms with E-state index in [-0.39, 0.29) is 24.1 Å². The first kappa shape index (κ1) is 42.6. The van der Waals surface area contributed by atoms with Gasteiger partial charge in [0.15, 0.2) is 0 Å². The van der Waals surface area contributed by atoms with Crippen LogP contribution in [-0.4, -0.2) is 61.8 Å². The van der Waals surface area contributed by atoms with Gasteiger partial charge in [-0.05, 0) is 51.4 Å². The lowest BCUT2D eigenvalue weighted by Crippen LogP contribution is -2.37. The molecule has 4 fully saturated rings. The predicted octanol–water partition coefficient (Wildman–Crippen LogP) is 11.4. The second-order valence-corrected chi connectivity index (χ2v) is 16.6. The number of hydrogen-bond acceptors (Lipinski definition) is 7. The van der Waals surface area contributed by atoms with E-state index in [0.717, 1.165) is 25.7 Å². The highest BCUT2D eigenvalue weighted by atomic mass is 16.6. The van der Waals surface area contributed by atoms with Crippen molar-refractivity contribution < 1.29 is 33.3 Å². The van der Waals surface area contributed by atoms with Gasteiger partial charge in [0.05, 0.1) is 61.7 Å². The van der Waals surface area contributed by atoms with Crippen molar-refractivity contribution in [3.8, 4) is 0 Å². The molecule has 1 aliphatic carbocycles. The maximum absolute atomic E-state index is 13.0. The van der Waals surface area contributed by atoms with E-state index in [9.17, 15) is 9.59 Å². The highest BCUT2D eigenvalue weighted by Crippen LogP contribution is 2.44. The zero-order valence-electron chi connectivity index (χ0n) is 33.1. The number of ether oxygens (including phenoxy) is 5. The maximum atomic E-state index is 13.0. The van der Waals surface area contributed by atoms with E-state index < -0.39 is 11.8 Å².